The van der Waals surface area contributed by atoms with Crippen molar-refractivity contribution in [2.45, 2.75) is 93.2 Å². The minimum absolute atomic E-state index is 0.616. The Hall–Kier alpha value is -3.03. The molecule has 2 aromatic rings. The van der Waals surface area contributed by atoms with Crippen LogP contribution in [0.2, 0.25) is 0 Å². The van der Waals surface area contributed by atoms with Gasteiger partial charge in [-0.15, -0.1) is 0 Å². The van der Waals surface area contributed by atoms with Gasteiger partial charge in [-0.25, -0.2) is 4.98 Å². The number of carboxylic acid groups (broad SMARTS) is 1. The van der Waals surface area contributed by atoms with E-state index in [1.807, 2.05) is 27.7 Å². The van der Waals surface area contributed by atoms with E-state index in [4.69, 9.17) is 19.1 Å². The predicted molar refractivity (Wildman–Crippen MR) is 143 cm³/mol. The van der Waals surface area contributed by atoms with Gasteiger partial charge in [-0.3, -0.25) is 4.79 Å². The van der Waals surface area contributed by atoms with Crippen LogP contribution in [0.3, 0.4) is 0 Å². The molecule has 0 aliphatic heterocycles. The van der Waals surface area contributed by atoms with Crippen LogP contribution in [0.15, 0.2) is 40.8 Å². The third-order valence-corrected chi connectivity index (χ3v) is 4.99. The van der Waals surface area contributed by atoms with Crippen LogP contribution in [0.25, 0.3) is 5.57 Å². The van der Waals surface area contributed by atoms with Gasteiger partial charge < -0.3 is 14.3 Å². The minimum Gasteiger partial charge on any atom is -0.493 e. The molecule has 1 aromatic heterocycles. The fourth-order valence-electron chi connectivity index (χ4n) is 3.37. The number of benzene rings is 1. The van der Waals surface area contributed by atoms with Gasteiger partial charge in [-0.2, -0.15) is 13.2 Å². The molecule has 0 unspecified atom stereocenters. The maximum atomic E-state index is 11.2. The number of carboxylic acids is 1. The zero-order valence-corrected chi connectivity index (χ0v) is 23.2. The number of halogens is 3. The monoisotopic (exact) mass is 525 g/mol. The van der Waals surface area contributed by atoms with Crippen molar-refractivity contribution in [3.8, 4) is 5.75 Å². The van der Waals surface area contributed by atoms with E-state index in [9.17, 15) is 13.2 Å². The average Bonchev–Trinajstić information content (AvgIpc) is 3.45. The Bertz CT molecular complexity index is 988. The normalized spacial score (nSPS) is 12.4. The van der Waals surface area contributed by atoms with Gasteiger partial charge >= 0.3 is 6.18 Å². The molecule has 0 atom stereocenters. The van der Waals surface area contributed by atoms with Gasteiger partial charge in [0.15, 0.2) is 0 Å². The first-order chi connectivity index (χ1) is 17.5. The molecule has 1 N–H and O–H groups in total. The summed E-state index contributed by atoms with van der Waals surface area (Å²) in [5.41, 5.74) is 4.98. The Morgan fingerprint density at radius 1 is 1.19 bits per heavy atom. The molecular formula is C29H42F3NO4. The van der Waals surface area contributed by atoms with Crippen molar-refractivity contribution in [3.05, 3.63) is 64.9 Å². The van der Waals surface area contributed by atoms with Gasteiger partial charge in [0, 0.05) is 18.9 Å². The molecule has 0 saturated carbocycles. The van der Waals surface area contributed by atoms with Gasteiger partial charge in [0.05, 0.1) is 18.7 Å². The zero-order chi connectivity index (χ0) is 28.4. The summed E-state index contributed by atoms with van der Waals surface area (Å²) in [6, 6.07) is 6.47. The average molecular weight is 526 g/mol. The fourth-order valence-corrected chi connectivity index (χ4v) is 3.37. The summed E-state index contributed by atoms with van der Waals surface area (Å²) in [7, 11) is 0. The Balaban J connectivity index is 0.000000773. The third-order valence-electron chi connectivity index (χ3n) is 4.99. The summed E-state index contributed by atoms with van der Waals surface area (Å²) >= 11 is 0. The number of carbonyl (C=O) groups is 1. The fraction of sp³-hybridized carbons (Fsp3) is 0.517. The molecule has 1 aromatic carbocycles. The maximum Gasteiger partial charge on any atom is 0.392 e. The molecule has 5 nitrogen and oxygen atoms in total. The lowest BCUT2D eigenvalue weighted by molar-refractivity contribution is -0.134. The number of alkyl halides is 3. The van der Waals surface area contributed by atoms with Crippen LogP contribution in [-0.2, 0) is 24.1 Å². The number of fused-ring (bicyclic) bond motifs is 1. The lowest BCUT2D eigenvalue weighted by Gasteiger charge is -2.07. The number of aliphatic carboxylic acids is 1. The first-order valence-corrected chi connectivity index (χ1v) is 12.7. The first-order valence-electron chi connectivity index (χ1n) is 12.7. The van der Waals surface area contributed by atoms with Gasteiger partial charge in [0.2, 0.25) is 5.89 Å². The Morgan fingerprint density at radius 2 is 1.81 bits per heavy atom. The van der Waals surface area contributed by atoms with Gasteiger partial charge in [0.25, 0.3) is 5.97 Å². The summed E-state index contributed by atoms with van der Waals surface area (Å²) < 4.78 is 45.4. The Kier molecular flexibility index (Phi) is 16.8. The second kappa shape index (κ2) is 18.3. The highest BCUT2D eigenvalue weighted by molar-refractivity contribution is 5.63. The second-order valence-corrected chi connectivity index (χ2v) is 8.11. The number of nitrogens with zero attached hydrogens (tertiary/aromatic N) is 1. The van der Waals surface area contributed by atoms with Crippen LogP contribution >= 0.6 is 0 Å². The Morgan fingerprint density at radius 3 is 2.35 bits per heavy atom. The molecule has 0 fully saturated rings. The highest BCUT2D eigenvalue weighted by Gasteiger charge is 2.24. The minimum atomic E-state index is -4.04. The van der Waals surface area contributed by atoms with Crippen molar-refractivity contribution in [2.24, 2.45) is 0 Å². The van der Waals surface area contributed by atoms with Crippen molar-refractivity contribution in [1.29, 1.82) is 0 Å². The number of allylic oxidation sites excluding steroid dienone is 4. The number of hydrogen-bond acceptors (Lipinski definition) is 4. The highest BCUT2D eigenvalue weighted by Crippen LogP contribution is 2.26. The van der Waals surface area contributed by atoms with Gasteiger partial charge in [-0.05, 0) is 69.7 Å². The van der Waals surface area contributed by atoms with Gasteiger partial charge in [-0.1, -0.05) is 45.1 Å². The Labute approximate surface area is 219 Å². The molecule has 0 saturated heterocycles. The van der Waals surface area contributed by atoms with Crippen molar-refractivity contribution >= 4 is 11.5 Å². The molecule has 208 valence electrons. The molecule has 1 heterocycles. The van der Waals surface area contributed by atoms with Crippen LogP contribution < -0.4 is 4.74 Å². The molecule has 1 aliphatic carbocycles. The van der Waals surface area contributed by atoms with Crippen LogP contribution in [0, 0.1) is 6.92 Å². The van der Waals surface area contributed by atoms with Crippen LogP contribution in [0.4, 0.5) is 13.2 Å². The molecule has 0 radical (unpaired) electrons. The first kappa shape index (κ1) is 34.0. The summed E-state index contributed by atoms with van der Waals surface area (Å²) in [5, 5.41) is 7.42. The topological polar surface area (TPSA) is 72.6 Å². The standard InChI is InChI=1S/C20H25NO2.C5H7F3.C2H4O2.C2H6/c1-4-6-14(2)20-21-15(3)19(23-20)11-12-22-18-10-9-16-7-5-8-17(16)13-18;1-2-3-4-5(6,7)8;1-2(3)4;1-2/h6,9-10,13H,4-5,7-8,11-12H2,1-3H3;2-3H,4H2,1H3;1H3,(H,3,4);1-2H3/b14-6+;3-2-;;. The van der Waals surface area contributed by atoms with Crippen LogP contribution in [0.1, 0.15) is 89.3 Å². The van der Waals surface area contributed by atoms with Crippen molar-refractivity contribution < 1.29 is 32.2 Å². The number of hydrogen-bond donors (Lipinski definition) is 1. The largest absolute Gasteiger partial charge is 0.493 e. The number of aromatic nitrogens is 1. The van der Waals surface area contributed by atoms with Crippen molar-refractivity contribution in [2.75, 3.05) is 6.61 Å². The maximum absolute atomic E-state index is 11.2. The molecule has 1 aliphatic rings. The van der Waals surface area contributed by atoms with Crippen LogP contribution in [0.5, 0.6) is 5.75 Å². The number of aryl methyl sites for hydroxylation is 3. The second-order valence-electron chi connectivity index (χ2n) is 8.11. The quantitative estimate of drug-likeness (QED) is 0.367. The number of ether oxygens (including phenoxy) is 1. The van der Waals surface area contributed by atoms with Crippen LogP contribution in [-0.4, -0.2) is 28.8 Å². The lowest BCUT2D eigenvalue weighted by atomic mass is 10.1. The molecule has 8 heteroatoms. The molecule has 0 bridgehead atoms. The number of rotatable bonds is 7. The lowest BCUT2D eigenvalue weighted by Crippen LogP contribution is -2.03. The van der Waals surface area contributed by atoms with E-state index >= 15 is 0 Å². The van der Waals surface area contributed by atoms with Crippen molar-refractivity contribution in [1.82, 2.24) is 4.98 Å². The van der Waals surface area contributed by atoms with E-state index in [1.54, 1.807) is 6.92 Å². The van der Waals surface area contributed by atoms with E-state index in [0.717, 1.165) is 54.5 Å². The molecule has 3 rings (SSSR count). The molecule has 0 amide bonds. The van der Waals surface area contributed by atoms with E-state index in [2.05, 4.69) is 36.2 Å². The summed E-state index contributed by atoms with van der Waals surface area (Å²) in [6.07, 6.45) is 5.14. The molecule has 37 heavy (non-hydrogen) atoms. The number of oxazole rings is 1. The predicted octanol–water partition coefficient (Wildman–Crippen LogP) is 8.54. The van der Waals surface area contributed by atoms with E-state index in [-0.39, 0.29) is 0 Å². The summed E-state index contributed by atoms with van der Waals surface area (Å²) in [5.74, 6) is 1.78. The molecular weight excluding hydrogens is 483 g/mol. The summed E-state index contributed by atoms with van der Waals surface area (Å²) in [6.45, 7) is 13.4. The van der Waals surface area contributed by atoms with E-state index in [0.29, 0.717) is 6.61 Å². The molecule has 0 spiro atoms. The van der Waals surface area contributed by atoms with E-state index in [1.165, 1.54) is 36.5 Å². The summed E-state index contributed by atoms with van der Waals surface area (Å²) in [4.78, 5) is 13.5. The third kappa shape index (κ3) is 15.0. The smallest absolute Gasteiger partial charge is 0.392 e. The highest BCUT2D eigenvalue weighted by atomic mass is 19.4. The SMILES string of the molecule is C/C=C\CC(F)(F)F.CC.CC(=O)O.CC/C=C(\C)c1nc(C)c(CCOc2ccc3c(c2)CCC3)o1. The zero-order valence-electron chi connectivity index (χ0n) is 23.2. The van der Waals surface area contributed by atoms with Crippen molar-refractivity contribution in [3.63, 3.8) is 0 Å². The van der Waals surface area contributed by atoms with Gasteiger partial charge in [0.1, 0.15) is 11.5 Å². The van der Waals surface area contributed by atoms with E-state index < -0.39 is 18.6 Å².